The lowest BCUT2D eigenvalue weighted by atomic mass is 10.3. The van der Waals surface area contributed by atoms with Crippen LogP contribution < -0.4 is 16.0 Å². The smallest absolute Gasteiger partial charge is 0.324 e. The Morgan fingerprint density at radius 3 is 2.65 bits per heavy atom. The molecule has 0 aromatic carbocycles. The number of carbonyl (C=O) groups is 1. The van der Waals surface area contributed by atoms with Crippen molar-refractivity contribution >= 4 is 28.2 Å². The molecular formula is C10H14F4N4OS. The number of aromatic nitrogens is 1. The number of amides is 1. The lowest BCUT2D eigenvalue weighted by Gasteiger charge is -2.15. The third-order valence-electron chi connectivity index (χ3n) is 2.45. The van der Waals surface area contributed by atoms with E-state index in [0.29, 0.717) is 11.7 Å². The van der Waals surface area contributed by atoms with Crippen LogP contribution in [-0.4, -0.2) is 43.4 Å². The van der Waals surface area contributed by atoms with Gasteiger partial charge in [0.1, 0.15) is 10.7 Å². The minimum atomic E-state index is -4.28. The number of alkyl halides is 4. The highest BCUT2D eigenvalue weighted by Gasteiger charge is 2.41. The molecule has 10 heteroatoms. The van der Waals surface area contributed by atoms with Crippen molar-refractivity contribution in [3.8, 4) is 0 Å². The molecule has 0 fully saturated rings. The zero-order valence-corrected chi connectivity index (χ0v) is 11.6. The first-order valence-electron chi connectivity index (χ1n) is 5.60. The summed E-state index contributed by atoms with van der Waals surface area (Å²) >= 11 is 0.905. The van der Waals surface area contributed by atoms with Crippen molar-refractivity contribution in [2.45, 2.75) is 19.3 Å². The van der Waals surface area contributed by atoms with E-state index in [4.69, 9.17) is 5.73 Å². The lowest BCUT2D eigenvalue weighted by Crippen LogP contribution is -2.41. The Morgan fingerprint density at radius 2 is 2.15 bits per heavy atom. The van der Waals surface area contributed by atoms with Gasteiger partial charge >= 0.3 is 12.3 Å². The maximum atomic E-state index is 12.7. The monoisotopic (exact) mass is 314 g/mol. The number of thiazole rings is 1. The number of hydrogen-bond donors (Lipinski definition) is 2. The van der Waals surface area contributed by atoms with Crippen LogP contribution in [0.15, 0.2) is 0 Å². The lowest BCUT2D eigenvalue weighted by molar-refractivity contribution is -0.123. The molecular weight excluding hydrogens is 300 g/mol. The summed E-state index contributed by atoms with van der Waals surface area (Å²) in [4.78, 5) is 17.2. The molecule has 0 atom stereocenters. The third-order valence-corrected chi connectivity index (χ3v) is 3.64. The van der Waals surface area contributed by atoms with E-state index in [9.17, 15) is 22.4 Å². The predicted octanol–water partition coefficient (Wildman–Crippen LogP) is 1.81. The largest absolute Gasteiger partial charge is 0.382 e. The summed E-state index contributed by atoms with van der Waals surface area (Å²) in [6, 6.07) is 0. The summed E-state index contributed by atoms with van der Waals surface area (Å²) in [6.07, 6.45) is -3.84. The Bertz CT molecular complexity index is 480. The number of nitrogens with zero attached hydrogens (tertiary/aromatic N) is 2. The summed E-state index contributed by atoms with van der Waals surface area (Å²) in [5.74, 6) is -5.35. The minimum absolute atomic E-state index is 0.0784. The van der Waals surface area contributed by atoms with Crippen LogP contribution in [0, 0.1) is 0 Å². The summed E-state index contributed by atoms with van der Waals surface area (Å²) < 4.78 is 49.3. The minimum Gasteiger partial charge on any atom is -0.382 e. The second-order valence-electron chi connectivity index (χ2n) is 3.97. The van der Waals surface area contributed by atoms with E-state index in [-0.39, 0.29) is 10.7 Å². The van der Waals surface area contributed by atoms with Crippen LogP contribution in [0.5, 0.6) is 0 Å². The van der Waals surface area contributed by atoms with Gasteiger partial charge in [-0.15, -0.1) is 0 Å². The maximum absolute atomic E-state index is 12.7. The first kappa shape index (κ1) is 16.5. The van der Waals surface area contributed by atoms with Gasteiger partial charge in [-0.2, -0.15) is 8.78 Å². The van der Waals surface area contributed by atoms with Gasteiger partial charge in [-0.05, 0) is 6.92 Å². The molecule has 1 amide bonds. The number of nitrogen functional groups attached to an aromatic ring is 1. The summed E-state index contributed by atoms with van der Waals surface area (Å²) in [5, 5.41) is 2.18. The average Bonchev–Trinajstić information content (AvgIpc) is 2.77. The number of carbonyl (C=O) groups excluding carboxylic acids is 1. The van der Waals surface area contributed by atoms with Gasteiger partial charge < -0.3 is 16.0 Å². The molecule has 0 aliphatic rings. The maximum Gasteiger partial charge on any atom is 0.324 e. The van der Waals surface area contributed by atoms with E-state index < -0.39 is 24.8 Å². The van der Waals surface area contributed by atoms with Crippen LogP contribution in [0.4, 0.5) is 28.5 Å². The van der Waals surface area contributed by atoms with Crippen LogP contribution in [0.2, 0.25) is 0 Å². The van der Waals surface area contributed by atoms with Crippen molar-refractivity contribution in [3.63, 3.8) is 0 Å². The number of halogens is 4. The molecule has 20 heavy (non-hydrogen) atoms. The van der Waals surface area contributed by atoms with Crippen LogP contribution in [0.3, 0.4) is 0 Å². The molecule has 1 aromatic rings. The van der Waals surface area contributed by atoms with Gasteiger partial charge in [0.15, 0.2) is 5.13 Å². The molecule has 0 spiro atoms. The molecule has 5 nitrogen and oxygen atoms in total. The Hall–Kier alpha value is -1.58. The zero-order chi connectivity index (χ0) is 15.5. The van der Waals surface area contributed by atoms with E-state index >= 15 is 0 Å². The topological polar surface area (TPSA) is 71.2 Å². The van der Waals surface area contributed by atoms with Crippen molar-refractivity contribution in [1.29, 1.82) is 0 Å². The van der Waals surface area contributed by atoms with Gasteiger partial charge in [-0.3, -0.25) is 4.79 Å². The molecule has 1 rings (SSSR count). The highest BCUT2D eigenvalue weighted by atomic mass is 32.1. The molecule has 0 saturated carbocycles. The molecule has 114 valence electrons. The molecule has 0 radical (unpaired) electrons. The number of hydrogen-bond acceptors (Lipinski definition) is 5. The number of nitrogens with two attached hydrogens (primary N) is 1. The first-order chi connectivity index (χ1) is 9.19. The highest BCUT2D eigenvalue weighted by Crippen LogP contribution is 2.27. The van der Waals surface area contributed by atoms with Gasteiger partial charge in [-0.25, -0.2) is 13.8 Å². The zero-order valence-electron chi connectivity index (χ0n) is 10.8. The van der Waals surface area contributed by atoms with Gasteiger partial charge in [0.2, 0.25) is 0 Å². The van der Waals surface area contributed by atoms with Crippen LogP contribution >= 0.6 is 11.3 Å². The van der Waals surface area contributed by atoms with Crippen molar-refractivity contribution in [2.75, 3.05) is 30.8 Å². The van der Waals surface area contributed by atoms with E-state index in [1.54, 1.807) is 17.3 Å². The van der Waals surface area contributed by atoms with Gasteiger partial charge in [0.25, 0.3) is 5.91 Å². The molecule has 0 aliphatic carbocycles. The second kappa shape index (κ2) is 6.25. The molecule has 0 saturated heterocycles. The molecule has 1 heterocycles. The van der Waals surface area contributed by atoms with Crippen LogP contribution in [0.25, 0.3) is 0 Å². The number of rotatable bonds is 6. The molecule has 1 aromatic heterocycles. The Morgan fingerprint density at radius 1 is 1.55 bits per heavy atom. The first-order valence-corrected chi connectivity index (χ1v) is 6.42. The Balaban J connectivity index is 2.76. The summed E-state index contributed by atoms with van der Waals surface area (Å²) in [6.45, 7) is 0.998. The fraction of sp³-hybridized carbons (Fsp3) is 0.600. The molecule has 0 aliphatic heterocycles. The van der Waals surface area contributed by atoms with E-state index in [1.807, 2.05) is 6.92 Å². The van der Waals surface area contributed by atoms with Crippen molar-refractivity contribution in [1.82, 2.24) is 10.3 Å². The summed E-state index contributed by atoms with van der Waals surface area (Å²) in [5.41, 5.74) is 5.51. The van der Waals surface area contributed by atoms with E-state index in [0.717, 1.165) is 11.3 Å². The molecule has 0 unspecified atom stereocenters. The Labute approximate surface area is 116 Å². The van der Waals surface area contributed by atoms with Crippen LogP contribution in [-0.2, 0) is 0 Å². The van der Waals surface area contributed by atoms with Crippen molar-refractivity contribution < 1.29 is 22.4 Å². The van der Waals surface area contributed by atoms with Crippen molar-refractivity contribution in [3.05, 3.63) is 4.88 Å². The standard InChI is InChI=1S/C10H14F4N4OS/c1-3-18(2)9-17-6(15)5(20-9)7(19)16-4-10(13,14)8(11)12/h8H,3-4,15H2,1-2H3,(H,16,19). The van der Waals surface area contributed by atoms with Gasteiger partial charge in [-0.1, -0.05) is 11.3 Å². The van der Waals surface area contributed by atoms with Gasteiger partial charge in [0, 0.05) is 13.6 Å². The molecule has 0 bridgehead atoms. The number of nitrogens with one attached hydrogen (secondary N) is 1. The van der Waals surface area contributed by atoms with Crippen molar-refractivity contribution in [2.24, 2.45) is 0 Å². The number of anilines is 2. The van der Waals surface area contributed by atoms with Crippen LogP contribution in [0.1, 0.15) is 16.6 Å². The predicted molar refractivity (Wildman–Crippen MR) is 68.8 cm³/mol. The van der Waals surface area contributed by atoms with Gasteiger partial charge in [0.05, 0.1) is 6.54 Å². The second-order valence-corrected chi connectivity index (χ2v) is 4.95. The fourth-order valence-electron chi connectivity index (χ4n) is 1.14. The summed E-state index contributed by atoms with van der Waals surface area (Å²) in [7, 11) is 1.71. The fourth-order valence-corrected chi connectivity index (χ4v) is 2.06. The highest BCUT2D eigenvalue weighted by molar-refractivity contribution is 7.18. The third kappa shape index (κ3) is 3.71. The van der Waals surface area contributed by atoms with E-state index in [1.165, 1.54) is 0 Å². The SMILES string of the molecule is CCN(C)c1nc(N)c(C(=O)NCC(F)(F)C(F)F)s1. The Kier molecular flexibility index (Phi) is 5.15. The quantitative estimate of drug-likeness (QED) is 0.786. The normalized spacial score (nSPS) is 11.8. The van der Waals surface area contributed by atoms with E-state index in [2.05, 4.69) is 4.98 Å². The average molecular weight is 314 g/mol. The molecule has 3 N–H and O–H groups in total.